The van der Waals surface area contributed by atoms with Gasteiger partial charge >= 0.3 is 0 Å². The van der Waals surface area contributed by atoms with Crippen LogP contribution in [0.15, 0.2) is 89.7 Å². The molecule has 0 saturated carbocycles. The molecule has 5 aromatic rings. The normalized spacial score (nSPS) is 11.2. The van der Waals surface area contributed by atoms with Crippen LogP contribution in [0.5, 0.6) is 5.75 Å². The highest BCUT2D eigenvalue weighted by Gasteiger charge is 2.16. The first-order valence-corrected chi connectivity index (χ1v) is 10.5. The summed E-state index contributed by atoms with van der Waals surface area (Å²) < 4.78 is 7.10. The van der Waals surface area contributed by atoms with Crippen molar-refractivity contribution in [3.63, 3.8) is 0 Å². The summed E-state index contributed by atoms with van der Waals surface area (Å²) >= 11 is 0. The minimum absolute atomic E-state index is 0.102. The largest absolute Gasteiger partial charge is 0.497 e. The molecule has 5 nitrogen and oxygen atoms in total. The van der Waals surface area contributed by atoms with E-state index in [2.05, 4.69) is 18.2 Å². The van der Waals surface area contributed by atoms with Crippen LogP contribution in [0, 0.1) is 0 Å². The zero-order valence-corrected chi connectivity index (χ0v) is 17.8. The summed E-state index contributed by atoms with van der Waals surface area (Å²) in [7, 11) is 1.59. The highest BCUT2D eigenvalue weighted by atomic mass is 16.5. The molecule has 32 heavy (non-hydrogen) atoms. The molecule has 0 bridgehead atoms. The van der Waals surface area contributed by atoms with Crippen molar-refractivity contribution in [1.82, 2.24) is 9.55 Å². The zero-order chi connectivity index (χ0) is 22.1. The summed E-state index contributed by atoms with van der Waals surface area (Å²) in [4.78, 5) is 18.7. The van der Waals surface area contributed by atoms with Crippen LogP contribution >= 0.6 is 0 Å². The molecular formula is C27H23N3O2. The van der Waals surface area contributed by atoms with Crippen molar-refractivity contribution < 1.29 is 4.74 Å². The molecule has 5 rings (SSSR count). The molecule has 1 aromatic heterocycles. The average molecular weight is 422 g/mol. The minimum Gasteiger partial charge on any atom is -0.497 e. The van der Waals surface area contributed by atoms with E-state index in [0.29, 0.717) is 35.6 Å². The Morgan fingerprint density at radius 2 is 1.66 bits per heavy atom. The van der Waals surface area contributed by atoms with Crippen molar-refractivity contribution in [1.29, 1.82) is 0 Å². The van der Waals surface area contributed by atoms with Crippen molar-refractivity contribution in [3.05, 3.63) is 106 Å². The Morgan fingerprint density at radius 3 is 2.50 bits per heavy atom. The lowest BCUT2D eigenvalue weighted by Gasteiger charge is -2.16. The zero-order valence-electron chi connectivity index (χ0n) is 17.8. The number of methoxy groups -OCH3 is 1. The van der Waals surface area contributed by atoms with Gasteiger partial charge in [0, 0.05) is 12.1 Å². The number of ether oxygens (including phenoxy) is 1. The predicted octanol–water partition coefficient (Wildman–Crippen LogP) is 4.73. The molecule has 1 heterocycles. The second kappa shape index (κ2) is 8.29. The van der Waals surface area contributed by atoms with E-state index < -0.39 is 0 Å². The van der Waals surface area contributed by atoms with E-state index in [9.17, 15) is 4.79 Å². The van der Waals surface area contributed by atoms with Gasteiger partial charge in [-0.2, -0.15) is 0 Å². The van der Waals surface area contributed by atoms with Crippen molar-refractivity contribution in [3.8, 4) is 17.1 Å². The number of hydrogen-bond donors (Lipinski definition) is 1. The van der Waals surface area contributed by atoms with Gasteiger partial charge in [-0.1, -0.05) is 66.7 Å². The summed E-state index contributed by atoms with van der Waals surface area (Å²) in [6, 6.07) is 27.7. The first kappa shape index (κ1) is 20.0. The molecule has 5 heteroatoms. The molecule has 2 N–H and O–H groups in total. The molecule has 4 aromatic carbocycles. The highest BCUT2D eigenvalue weighted by Crippen LogP contribution is 2.29. The van der Waals surface area contributed by atoms with E-state index in [1.54, 1.807) is 17.7 Å². The van der Waals surface area contributed by atoms with Gasteiger partial charge < -0.3 is 10.5 Å². The van der Waals surface area contributed by atoms with Crippen molar-refractivity contribution in [2.75, 3.05) is 7.11 Å². The standard InChI is InChI=1S/C27H23N3O2/c1-32-21-12-13-25-24(15-21)27(31)30(17-19-7-4-6-18(14-19)16-28)26(29-25)23-11-5-9-20-8-2-3-10-22(20)23/h2-15H,16-17,28H2,1H3. The number of nitrogens with zero attached hydrogens (tertiary/aromatic N) is 2. The first-order valence-electron chi connectivity index (χ1n) is 10.5. The smallest absolute Gasteiger partial charge is 0.262 e. The fourth-order valence-electron chi connectivity index (χ4n) is 4.14. The number of nitrogens with two attached hydrogens (primary N) is 1. The van der Waals surface area contributed by atoms with Gasteiger partial charge in [-0.15, -0.1) is 0 Å². The van der Waals surface area contributed by atoms with Crippen molar-refractivity contribution in [2.24, 2.45) is 5.73 Å². The molecule has 0 radical (unpaired) electrons. The second-order valence-corrected chi connectivity index (χ2v) is 7.76. The summed E-state index contributed by atoms with van der Waals surface area (Å²) in [6.07, 6.45) is 0. The first-order chi connectivity index (χ1) is 15.7. The summed E-state index contributed by atoms with van der Waals surface area (Å²) in [5.74, 6) is 1.27. The monoisotopic (exact) mass is 421 g/mol. The van der Waals surface area contributed by atoms with Gasteiger partial charge in [-0.3, -0.25) is 9.36 Å². The number of rotatable bonds is 5. The summed E-state index contributed by atoms with van der Waals surface area (Å²) in [6.45, 7) is 0.845. The van der Waals surface area contributed by atoms with Gasteiger partial charge in [0.1, 0.15) is 11.6 Å². The molecule has 0 aliphatic rings. The van der Waals surface area contributed by atoms with Gasteiger partial charge in [0.2, 0.25) is 0 Å². The van der Waals surface area contributed by atoms with E-state index in [-0.39, 0.29) is 5.56 Å². The maximum atomic E-state index is 13.7. The SMILES string of the molecule is COc1ccc2nc(-c3cccc4ccccc34)n(Cc3cccc(CN)c3)c(=O)c2c1. The molecule has 0 amide bonds. The highest BCUT2D eigenvalue weighted by molar-refractivity contribution is 5.96. The average Bonchev–Trinajstić information content (AvgIpc) is 2.85. The third kappa shape index (κ3) is 3.53. The summed E-state index contributed by atoms with van der Waals surface area (Å²) in [5, 5.41) is 2.69. The molecule has 0 fully saturated rings. The maximum Gasteiger partial charge on any atom is 0.262 e. The molecule has 0 atom stereocenters. The quantitative estimate of drug-likeness (QED) is 0.445. The number of aromatic nitrogens is 2. The number of benzene rings is 4. The Bertz CT molecular complexity index is 1500. The fourth-order valence-corrected chi connectivity index (χ4v) is 4.14. The molecule has 0 aliphatic carbocycles. The third-order valence-corrected chi connectivity index (χ3v) is 5.76. The lowest BCUT2D eigenvalue weighted by molar-refractivity contribution is 0.415. The topological polar surface area (TPSA) is 70.1 Å². The second-order valence-electron chi connectivity index (χ2n) is 7.76. The van der Waals surface area contributed by atoms with Gasteiger partial charge in [-0.05, 0) is 40.1 Å². The molecular weight excluding hydrogens is 398 g/mol. The Balaban J connectivity index is 1.80. The Hall–Kier alpha value is -3.96. The maximum absolute atomic E-state index is 13.7. The lowest BCUT2D eigenvalue weighted by atomic mass is 10.0. The predicted molar refractivity (Wildman–Crippen MR) is 129 cm³/mol. The lowest BCUT2D eigenvalue weighted by Crippen LogP contribution is -2.24. The van der Waals surface area contributed by atoms with Gasteiger partial charge in [-0.25, -0.2) is 4.98 Å². The number of fused-ring (bicyclic) bond motifs is 2. The third-order valence-electron chi connectivity index (χ3n) is 5.76. The van der Waals surface area contributed by atoms with E-state index in [4.69, 9.17) is 15.5 Å². The van der Waals surface area contributed by atoms with Crippen molar-refractivity contribution in [2.45, 2.75) is 13.1 Å². The Labute approximate surface area is 185 Å². The molecule has 0 aliphatic heterocycles. The van der Waals surface area contributed by atoms with Crippen LogP contribution in [0.4, 0.5) is 0 Å². The van der Waals surface area contributed by atoms with Crippen LogP contribution in [0.2, 0.25) is 0 Å². The van der Waals surface area contributed by atoms with E-state index in [0.717, 1.165) is 27.5 Å². The van der Waals surface area contributed by atoms with Crippen LogP contribution in [0.1, 0.15) is 11.1 Å². The van der Waals surface area contributed by atoms with E-state index in [1.807, 2.05) is 60.7 Å². The van der Waals surface area contributed by atoms with E-state index in [1.165, 1.54) is 0 Å². The van der Waals surface area contributed by atoms with E-state index >= 15 is 0 Å². The minimum atomic E-state index is -0.102. The fraction of sp³-hybridized carbons (Fsp3) is 0.111. The van der Waals surface area contributed by atoms with Gasteiger partial charge in [0.05, 0.1) is 24.6 Å². The van der Waals surface area contributed by atoms with Crippen LogP contribution in [0.25, 0.3) is 33.1 Å². The van der Waals surface area contributed by atoms with Crippen LogP contribution in [-0.4, -0.2) is 16.7 Å². The van der Waals surface area contributed by atoms with Crippen molar-refractivity contribution >= 4 is 21.7 Å². The Kier molecular flexibility index (Phi) is 5.17. The molecule has 0 unspecified atom stereocenters. The van der Waals surface area contributed by atoms with Gasteiger partial charge in [0.25, 0.3) is 5.56 Å². The van der Waals surface area contributed by atoms with Crippen LogP contribution < -0.4 is 16.0 Å². The number of hydrogen-bond acceptors (Lipinski definition) is 4. The van der Waals surface area contributed by atoms with Crippen LogP contribution in [-0.2, 0) is 13.1 Å². The molecule has 0 saturated heterocycles. The molecule has 0 spiro atoms. The van der Waals surface area contributed by atoms with Gasteiger partial charge in [0.15, 0.2) is 0 Å². The van der Waals surface area contributed by atoms with Crippen LogP contribution in [0.3, 0.4) is 0 Å². The molecule has 158 valence electrons. The summed E-state index contributed by atoms with van der Waals surface area (Å²) in [5.41, 5.74) is 9.33. The Morgan fingerprint density at radius 1 is 0.875 bits per heavy atom.